The first-order chi connectivity index (χ1) is 8.55. The van der Waals surface area contributed by atoms with Crippen LogP contribution in [0.4, 0.5) is 10.1 Å². The lowest BCUT2D eigenvalue weighted by atomic mass is 9.98. The molecule has 0 radical (unpaired) electrons. The third-order valence-electron chi connectivity index (χ3n) is 3.24. The number of likely N-dealkylation sites (N-methyl/N-ethyl adjacent to an activating group) is 1. The minimum atomic E-state index is -0.780. The molecule has 1 saturated heterocycles. The van der Waals surface area contributed by atoms with E-state index in [0.29, 0.717) is 18.7 Å². The van der Waals surface area contributed by atoms with E-state index < -0.39 is 5.54 Å². The first-order valence-corrected chi connectivity index (χ1v) is 5.86. The molecule has 1 aliphatic heterocycles. The highest BCUT2D eigenvalue weighted by Crippen LogP contribution is 2.27. The zero-order valence-corrected chi connectivity index (χ0v) is 10.6. The number of ether oxygens (including phenoxy) is 1. The zero-order chi connectivity index (χ0) is 13.2. The van der Waals surface area contributed by atoms with Crippen LogP contribution in [0.5, 0.6) is 0 Å². The summed E-state index contributed by atoms with van der Waals surface area (Å²) in [7, 11) is 3.31. The number of esters is 1. The molecular formula is C13H17FN2O2. The highest BCUT2D eigenvalue weighted by molar-refractivity contribution is 5.85. The SMILES string of the molecule is COC(=O)C1(Nc2cccc(F)c2)CCN(C)C1. The number of hydrogen-bond donors (Lipinski definition) is 1. The number of methoxy groups -OCH3 is 1. The fourth-order valence-electron chi connectivity index (χ4n) is 2.36. The molecule has 0 saturated carbocycles. The third-order valence-corrected chi connectivity index (χ3v) is 3.24. The number of nitrogens with zero attached hydrogens (tertiary/aromatic N) is 1. The standard InChI is InChI=1S/C13H17FN2O2/c1-16-7-6-13(9-16,12(17)18-2)15-11-5-3-4-10(14)8-11/h3-5,8,15H,6-7,9H2,1-2H3. The van der Waals surface area contributed by atoms with Gasteiger partial charge in [0.05, 0.1) is 7.11 Å². The van der Waals surface area contributed by atoms with E-state index in [1.807, 2.05) is 11.9 Å². The van der Waals surface area contributed by atoms with Gasteiger partial charge in [-0.3, -0.25) is 0 Å². The van der Waals surface area contributed by atoms with Crippen molar-refractivity contribution in [3.05, 3.63) is 30.1 Å². The summed E-state index contributed by atoms with van der Waals surface area (Å²) in [5, 5.41) is 3.12. The lowest BCUT2D eigenvalue weighted by Crippen LogP contribution is -2.49. The molecule has 18 heavy (non-hydrogen) atoms. The quantitative estimate of drug-likeness (QED) is 0.827. The molecule has 1 N–H and O–H groups in total. The average molecular weight is 252 g/mol. The Balaban J connectivity index is 2.23. The lowest BCUT2D eigenvalue weighted by molar-refractivity contribution is -0.145. The first-order valence-electron chi connectivity index (χ1n) is 5.86. The van der Waals surface area contributed by atoms with Crippen molar-refractivity contribution in [2.24, 2.45) is 0 Å². The summed E-state index contributed by atoms with van der Waals surface area (Å²) in [6.07, 6.45) is 0.646. The van der Waals surface area contributed by atoms with Crippen LogP contribution >= 0.6 is 0 Å². The monoisotopic (exact) mass is 252 g/mol. The number of anilines is 1. The van der Waals surface area contributed by atoms with E-state index in [2.05, 4.69) is 5.32 Å². The second kappa shape index (κ2) is 4.94. The number of carbonyl (C=O) groups excluding carboxylic acids is 1. The molecule has 0 spiro atoms. The van der Waals surface area contributed by atoms with Gasteiger partial charge < -0.3 is 15.0 Å². The van der Waals surface area contributed by atoms with Crippen molar-refractivity contribution in [2.45, 2.75) is 12.0 Å². The van der Waals surface area contributed by atoms with Crippen LogP contribution in [0.2, 0.25) is 0 Å². The Morgan fingerprint density at radius 1 is 1.56 bits per heavy atom. The van der Waals surface area contributed by atoms with Gasteiger partial charge in [0.25, 0.3) is 0 Å². The van der Waals surface area contributed by atoms with Gasteiger partial charge >= 0.3 is 5.97 Å². The van der Waals surface area contributed by atoms with Crippen molar-refractivity contribution in [2.75, 3.05) is 32.6 Å². The summed E-state index contributed by atoms with van der Waals surface area (Å²) in [6, 6.07) is 6.10. The molecule has 2 rings (SSSR count). The van der Waals surface area contributed by atoms with Gasteiger partial charge in [-0.25, -0.2) is 9.18 Å². The largest absolute Gasteiger partial charge is 0.467 e. The molecule has 1 heterocycles. The number of nitrogens with one attached hydrogen (secondary N) is 1. The summed E-state index contributed by atoms with van der Waals surface area (Å²) in [5.74, 6) is -0.637. The molecule has 1 unspecified atom stereocenters. The molecule has 98 valence electrons. The van der Waals surface area contributed by atoms with Crippen molar-refractivity contribution in [1.29, 1.82) is 0 Å². The number of carbonyl (C=O) groups is 1. The smallest absolute Gasteiger partial charge is 0.332 e. The second-order valence-electron chi connectivity index (χ2n) is 4.70. The Bertz CT molecular complexity index is 452. The fourth-order valence-corrected chi connectivity index (χ4v) is 2.36. The number of benzene rings is 1. The molecule has 1 fully saturated rings. The molecular weight excluding hydrogens is 235 g/mol. The van der Waals surface area contributed by atoms with Gasteiger partial charge in [-0.1, -0.05) is 6.07 Å². The van der Waals surface area contributed by atoms with Crippen LogP contribution in [-0.2, 0) is 9.53 Å². The Labute approximate surface area is 106 Å². The minimum absolute atomic E-state index is 0.309. The van der Waals surface area contributed by atoms with Gasteiger partial charge in [0.2, 0.25) is 0 Å². The van der Waals surface area contributed by atoms with E-state index in [9.17, 15) is 9.18 Å². The number of rotatable bonds is 3. The van der Waals surface area contributed by atoms with Crippen LogP contribution in [0.3, 0.4) is 0 Å². The summed E-state index contributed by atoms with van der Waals surface area (Å²) in [5.41, 5.74) is -0.187. The number of hydrogen-bond acceptors (Lipinski definition) is 4. The van der Waals surface area contributed by atoms with Gasteiger partial charge in [0.15, 0.2) is 0 Å². The van der Waals surface area contributed by atoms with E-state index in [1.54, 1.807) is 12.1 Å². The number of likely N-dealkylation sites (tertiary alicyclic amines) is 1. The van der Waals surface area contributed by atoms with Crippen LogP contribution in [0.15, 0.2) is 24.3 Å². The Morgan fingerprint density at radius 2 is 2.33 bits per heavy atom. The molecule has 1 aromatic rings. The molecule has 0 aliphatic carbocycles. The lowest BCUT2D eigenvalue weighted by Gasteiger charge is -2.28. The van der Waals surface area contributed by atoms with E-state index in [-0.39, 0.29) is 11.8 Å². The molecule has 0 aromatic heterocycles. The fraction of sp³-hybridized carbons (Fsp3) is 0.462. The summed E-state index contributed by atoms with van der Waals surface area (Å²) < 4.78 is 18.0. The zero-order valence-electron chi connectivity index (χ0n) is 10.6. The van der Waals surface area contributed by atoms with Gasteiger partial charge in [0, 0.05) is 18.8 Å². The molecule has 1 aromatic carbocycles. The maximum Gasteiger partial charge on any atom is 0.332 e. The number of halogens is 1. The van der Waals surface area contributed by atoms with E-state index >= 15 is 0 Å². The van der Waals surface area contributed by atoms with Crippen LogP contribution in [0, 0.1) is 5.82 Å². The highest BCUT2D eigenvalue weighted by atomic mass is 19.1. The molecule has 5 heteroatoms. The highest BCUT2D eigenvalue weighted by Gasteiger charge is 2.44. The summed E-state index contributed by atoms with van der Waals surface area (Å²) in [6.45, 7) is 1.35. The van der Waals surface area contributed by atoms with Gasteiger partial charge in [-0.2, -0.15) is 0 Å². The molecule has 0 amide bonds. The minimum Gasteiger partial charge on any atom is -0.467 e. The van der Waals surface area contributed by atoms with Crippen LogP contribution in [0.25, 0.3) is 0 Å². The normalized spacial score (nSPS) is 23.9. The Hall–Kier alpha value is -1.62. The average Bonchev–Trinajstić information content (AvgIpc) is 2.71. The Kier molecular flexibility index (Phi) is 3.52. The molecule has 1 atom stereocenters. The molecule has 4 nitrogen and oxygen atoms in total. The van der Waals surface area contributed by atoms with Crippen molar-refractivity contribution in [3.63, 3.8) is 0 Å². The van der Waals surface area contributed by atoms with Crippen molar-refractivity contribution in [3.8, 4) is 0 Å². The predicted molar refractivity (Wildman–Crippen MR) is 66.9 cm³/mol. The summed E-state index contributed by atoms with van der Waals surface area (Å²) in [4.78, 5) is 14.0. The predicted octanol–water partition coefficient (Wildman–Crippen LogP) is 1.48. The van der Waals surface area contributed by atoms with Crippen molar-refractivity contribution in [1.82, 2.24) is 4.90 Å². The topological polar surface area (TPSA) is 41.6 Å². The maximum absolute atomic E-state index is 13.2. The second-order valence-corrected chi connectivity index (χ2v) is 4.70. The third kappa shape index (κ3) is 2.46. The van der Waals surface area contributed by atoms with Crippen molar-refractivity contribution < 1.29 is 13.9 Å². The van der Waals surface area contributed by atoms with Gasteiger partial charge in [-0.05, 0) is 31.7 Å². The van der Waals surface area contributed by atoms with Gasteiger partial charge in [0.1, 0.15) is 11.4 Å². The molecule has 0 bridgehead atoms. The van der Waals surface area contributed by atoms with Gasteiger partial charge in [-0.15, -0.1) is 0 Å². The maximum atomic E-state index is 13.2. The van der Waals surface area contributed by atoms with E-state index in [4.69, 9.17) is 4.74 Å². The first kappa shape index (κ1) is 12.8. The summed E-state index contributed by atoms with van der Waals surface area (Å²) >= 11 is 0. The Morgan fingerprint density at radius 3 is 2.89 bits per heavy atom. The van der Waals surface area contributed by atoms with Crippen LogP contribution in [-0.4, -0.2) is 43.7 Å². The van der Waals surface area contributed by atoms with Crippen LogP contribution < -0.4 is 5.32 Å². The van der Waals surface area contributed by atoms with E-state index in [0.717, 1.165) is 6.54 Å². The van der Waals surface area contributed by atoms with E-state index in [1.165, 1.54) is 19.2 Å². The molecule has 1 aliphatic rings. The van der Waals surface area contributed by atoms with Crippen molar-refractivity contribution >= 4 is 11.7 Å². The van der Waals surface area contributed by atoms with Crippen LogP contribution in [0.1, 0.15) is 6.42 Å².